The predicted molar refractivity (Wildman–Crippen MR) is 84.5 cm³/mol. The normalized spacial score (nSPS) is 13.0. The summed E-state index contributed by atoms with van der Waals surface area (Å²) in [5, 5.41) is 3.69. The summed E-state index contributed by atoms with van der Waals surface area (Å²) in [6.07, 6.45) is 0. The Kier molecular flexibility index (Phi) is 3.71. The van der Waals surface area contributed by atoms with E-state index in [1.54, 1.807) is 18.2 Å². The van der Waals surface area contributed by atoms with Crippen molar-refractivity contribution in [3.05, 3.63) is 58.6 Å². The van der Waals surface area contributed by atoms with E-state index in [4.69, 9.17) is 21.1 Å². The molecule has 1 aliphatic heterocycles. The molecule has 2 aromatic carbocycles. The van der Waals surface area contributed by atoms with E-state index in [0.29, 0.717) is 22.1 Å². The van der Waals surface area contributed by atoms with Crippen molar-refractivity contribution < 1.29 is 14.3 Å². The first-order valence-electron chi connectivity index (χ1n) is 6.94. The molecule has 1 N–H and O–H groups in total. The van der Waals surface area contributed by atoms with E-state index >= 15 is 0 Å². The Balaban J connectivity index is 1.79. The Morgan fingerprint density at radius 2 is 1.77 bits per heavy atom. The molecule has 0 aromatic heterocycles. The number of nitrogens with one attached hydrogen (secondary N) is 1. The molecule has 114 valence electrons. The molecular weight excluding hydrogens is 302 g/mol. The van der Waals surface area contributed by atoms with Crippen molar-refractivity contribution in [2.75, 3.05) is 6.79 Å². The van der Waals surface area contributed by atoms with Crippen molar-refractivity contribution in [3.63, 3.8) is 0 Å². The zero-order chi connectivity index (χ0) is 15.7. The van der Waals surface area contributed by atoms with Gasteiger partial charge in [-0.15, -0.1) is 0 Å². The zero-order valence-electron chi connectivity index (χ0n) is 12.4. The molecule has 0 radical (unpaired) electrons. The van der Waals surface area contributed by atoms with Crippen LogP contribution in [0.3, 0.4) is 0 Å². The average molecular weight is 318 g/mol. The third-order valence-corrected chi connectivity index (χ3v) is 3.88. The fourth-order valence-electron chi connectivity index (χ4n) is 2.33. The smallest absolute Gasteiger partial charge is 0.252 e. The van der Waals surface area contributed by atoms with E-state index in [1.165, 1.54) is 0 Å². The van der Waals surface area contributed by atoms with Crippen molar-refractivity contribution in [2.24, 2.45) is 0 Å². The number of fused-ring (bicyclic) bond motifs is 1. The number of hydrogen-bond acceptors (Lipinski definition) is 3. The van der Waals surface area contributed by atoms with Crippen LogP contribution in [0.2, 0.25) is 5.02 Å². The summed E-state index contributed by atoms with van der Waals surface area (Å²) < 4.78 is 10.5. The molecule has 4 nitrogen and oxygen atoms in total. The standard InChI is InChI=1S/C17H16ClNO3/c1-17(2,12-4-6-13(18)7-5-12)19-16(20)11-3-8-14-15(9-11)22-10-21-14/h3-9H,10H2,1-2H3,(H,19,20). The highest BCUT2D eigenvalue weighted by Crippen LogP contribution is 2.32. The summed E-state index contributed by atoms with van der Waals surface area (Å²) in [5.74, 6) is 1.09. The first kappa shape index (κ1) is 14.7. The molecule has 1 heterocycles. The van der Waals surface area contributed by atoms with Crippen molar-refractivity contribution in [1.82, 2.24) is 5.32 Å². The molecule has 0 saturated carbocycles. The van der Waals surface area contributed by atoms with E-state index in [-0.39, 0.29) is 12.7 Å². The molecule has 0 spiro atoms. The number of carbonyl (C=O) groups excluding carboxylic acids is 1. The quantitative estimate of drug-likeness (QED) is 0.938. The summed E-state index contributed by atoms with van der Waals surface area (Å²) in [6.45, 7) is 4.08. The maximum atomic E-state index is 12.5. The lowest BCUT2D eigenvalue weighted by Gasteiger charge is -2.27. The Bertz CT molecular complexity index is 710. The van der Waals surface area contributed by atoms with E-state index in [2.05, 4.69) is 5.32 Å². The maximum absolute atomic E-state index is 12.5. The number of amides is 1. The second-order valence-electron chi connectivity index (χ2n) is 5.65. The second kappa shape index (κ2) is 5.54. The third-order valence-electron chi connectivity index (χ3n) is 3.63. The topological polar surface area (TPSA) is 47.6 Å². The van der Waals surface area contributed by atoms with Gasteiger partial charge in [-0.25, -0.2) is 0 Å². The van der Waals surface area contributed by atoms with E-state index in [9.17, 15) is 4.79 Å². The summed E-state index contributed by atoms with van der Waals surface area (Å²) >= 11 is 5.90. The van der Waals surface area contributed by atoms with Crippen molar-refractivity contribution >= 4 is 17.5 Å². The number of benzene rings is 2. The van der Waals surface area contributed by atoms with Crippen LogP contribution in [0.1, 0.15) is 29.8 Å². The van der Waals surface area contributed by atoms with Crippen LogP contribution in [-0.2, 0) is 5.54 Å². The van der Waals surface area contributed by atoms with Gasteiger partial charge in [-0.1, -0.05) is 23.7 Å². The molecule has 3 rings (SSSR count). The minimum atomic E-state index is -0.516. The second-order valence-corrected chi connectivity index (χ2v) is 6.09. The summed E-state index contributed by atoms with van der Waals surface area (Å²) in [4.78, 5) is 12.5. The summed E-state index contributed by atoms with van der Waals surface area (Å²) in [7, 11) is 0. The van der Waals surface area contributed by atoms with Crippen LogP contribution < -0.4 is 14.8 Å². The van der Waals surface area contributed by atoms with E-state index < -0.39 is 5.54 Å². The minimum absolute atomic E-state index is 0.168. The van der Waals surface area contributed by atoms with Gasteiger partial charge < -0.3 is 14.8 Å². The molecule has 5 heteroatoms. The van der Waals surface area contributed by atoms with Crippen LogP contribution in [0, 0.1) is 0 Å². The van der Waals surface area contributed by atoms with Crippen LogP contribution in [0.25, 0.3) is 0 Å². The highest BCUT2D eigenvalue weighted by atomic mass is 35.5. The minimum Gasteiger partial charge on any atom is -0.454 e. The van der Waals surface area contributed by atoms with Crippen molar-refractivity contribution in [1.29, 1.82) is 0 Å². The molecule has 0 aliphatic carbocycles. The number of hydrogen-bond donors (Lipinski definition) is 1. The number of rotatable bonds is 3. The molecule has 0 fully saturated rings. The largest absolute Gasteiger partial charge is 0.454 e. The van der Waals surface area contributed by atoms with Gasteiger partial charge in [-0.2, -0.15) is 0 Å². The van der Waals surface area contributed by atoms with Gasteiger partial charge in [-0.3, -0.25) is 4.79 Å². The van der Waals surface area contributed by atoms with Crippen LogP contribution in [0.4, 0.5) is 0 Å². The molecule has 0 saturated heterocycles. The van der Waals surface area contributed by atoms with Crippen LogP contribution in [-0.4, -0.2) is 12.7 Å². The molecular formula is C17H16ClNO3. The number of halogens is 1. The highest BCUT2D eigenvalue weighted by molar-refractivity contribution is 6.30. The lowest BCUT2D eigenvalue weighted by molar-refractivity contribution is 0.0911. The van der Waals surface area contributed by atoms with Gasteiger partial charge in [0, 0.05) is 10.6 Å². The fourth-order valence-corrected chi connectivity index (χ4v) is 2.46. The van der Waals surface area contributed by atoms with Gasteiger partial charge in [0.25, 0.3) is 5.91 Å². The molecule has 1 amide bonds. The van der Waals surface area contributed by atoms with Gasteiger partial charge in [0.2, 0.25) is 6.79 Å². The third kappa shape index (κ3) is 2.88. The van der Waals surface area contributed by atoms with Crippen LogP contribution >= 0.6 is 11.6 Å². The molecule has 22 heavy (non-hydrogen) atoms. The molecule has 0 unspecified atom stereocenters. The first-order chi connectivity index (χ1) is 10.5. The Hall–Kier alpha value is -2.20. The van der Waals surface area contributed by atoms with Gasteiger partial charge in [0.05, 0.1) is 5.54 Å². The van der Waals surface area contributed by atoms with Crippen molar-refractivity contribution in [3.8, 4) is 11.5 Å². The van der Waals surface area contributed by atoms with Gasteiger partial charge in [0.1, 0.15) is 0 Å². The summed E-state index contributed by atoms with van der Waals surface area (Å²) in [6, 6.07) is 12.6. The van der Waals surface area contributed by atoms with Gasteiger partial charge >= 0.3 is 0 Å². The summed E-state index contributed by atoms with van der Waals surface area (Å²) in [5.41, 5.74) is 0.996. The lowest BCUT2D eigenvalue weighted by Crippen LogP contribution is -2.40. The molecule has 2 aromatic rings. The zero-order valence-corrected chi connectivity index (χ0v) is 13.1. The monoisotopic (exact) mass is 317 g/mol. The molecule has 1 aliphatic rings. The lowest BCUT2D eigenvalue weighted by atomic mass is 9.94. The van der Waals surface area contributed by atoms with Gasteiger partial charge in [0.15, 0.2) is 11.5 Å². The first-order valence-corrected chi connectivity index (χ1v) is 7.32. The van der Waals surface area contributed by atoms with Gasteiger partial charge in [-0.05, 0) is 49.7 Å². The number of carbonyl (C=O) groups is 1. The van der Waals surface area contributed by atoms with E-state index in [0.717, 1.165) is 5.56 Å². The Morgan fingerprint density at radius 3 is 2.50 bits per heavy atom. The average Bonchev–Trinajstić information content (AvgIpc) is 2.94. The Labute approximate surface area is 134 Å². The maximum Gasteiger partial charge on any atom is 0.252 e. The van der Waals surface area contributed by atoms with Crippen LogP contribution in [0.15, 0.2) is 42.5 Å². The highest BCUT2D eigenvalue weighted by Gasteiger charge is 2.24. The fraction of sp³-hybridized carbons (Fsp3) is 0.235. The predicted octanol–water partition coefficient (Wildman–Crippen LogP) is 3.73. The molecule has 0 atom stereocenters. The Morgan fingerprint density at radius 1 is 1.09 bits per heavy atom. The molecule has 0 bridgehead atoms. The SMILES string of the molecule is CC(C)(NC(=O)c1ccc2c(c1)OCO2)c1ccc(Cl)cc1. The number of ether oxygens (including phenoxy) is 2. The van der Waals surface area contributed by atoms with Crippen LogP contribution in [0.5, 0.6) is 11.5 Å². The van der Waals surface area contributed by atoms with Crippen molar-refractivity contribution in [2.45, 2.75) is 19.4 Å². The van der Waals surface area contributed by atoms with E-state index in [1.807, 2.05) is 38.1 Å².